The highest BCUT2D eigenvalue weighted by Crippen LogP contribution is 2.46. The lowest BCUT2D eigenvalue weighted by atomic mass is 9.97. The molecular formula is C28H31N5O3. The van der Waals surface area contributed by atoms with Gasteiger partial charge in [-0.1, -0.05) is 30.3 Å². The van der Waals surface area contributed by atoms with Crippen molar-refractivity contribution in [1.82, 2.24) is 15.2 Å². The number of fused-ring (bicyclic) bond motifs is 1. The van der Waals surface area contributed by atoms with Crippen LogP contribution >= 0.6 is 0 Å². The van der Waals surface area contributed by atoms with Gasteiger partial charge < -0.3 is 15.0 Å². The molecule has 0 atom stereocenters. The molecule has 2 aromatic carbocycles. The van der Waals surface area contributed by atoms with Crippen molar-refractivity contribution in [3.8, 4) is 11.1 Å². The van der Waals surface area contributed by atoms with E-state index in [1.54, 1.807) is 0 Å². The zero-order valence-corrected chi connectivity index (χ0v) is 20.3. The Bertz CT molecular complexity index is 1260. The molecule has 1 spiro atoms. The lowest BCUT2D eigenvalue weighted by molar-refractivity contribution is -0.139. The molecule has 8 heteroatoms. The van der Waals surface area contributed by atoms with Crippen LogP contribution in [0.5, 0.6) is 0 Å². The number of nitrogens with zero attached hydrogens (tertiary/aromatic N) is 4. The van der Waals surface area contributed by atoms with Crippen molar-refractivity contribution in [2.45, 2.75) is 37.8 Å². The van der Waals surface area contributed by atoms with Crippen molar-refractivity contribution in [3.05, 3.63) is 53.6 Å². The van der Waals surface area contributed by atoms with E-state index >= 15 is 0 Å². The van der Waals surface area contributed by atoms with Gasteiger partial charge in [0.15, 0.2) is 0 Å². The van der Waals surface area contributed by atoms with Gasteiger partial charge in [0.25, 0.3) is 5.91 Å². The molecule has 7 rings (SSSR count). The molecule has 0 bridgehead atoms. The van der Waals surface area contributed by atoms with Gasteiger partial charge in [-0.3, -0.25) is 19.5 Å². The summed E-state index contributed by atoms with van der Waals surface area (Å²) in [6, 6.07) is 14.8. The van der Waals surface area contributed by atoms with Gasteiger partial charge in [0, 0.05) is 43.6 Å². The number of benzene rings is 2. The highest BCUT2D eigenvalue weighted by atomic mass is 16.3. The second-order valence-electron chi connectivity index (χ2n) is 10.9. The number of rotatable bonds is 7. The third-order valence-electron chi connectivity index (χ3n) is 8.21. The molecule has 2 aromatic rings. The second-order valence-corrected chi connectivity index (χ2v) is 10.9. The smallest absolute Gasteiger partial charge is 0.256 e. The minimum Gasteiger partial charge on any atom is -0.394 e. The van der Waals surface area contributed by atoms with Crippen LogP contribution in [0.2, 0.25) is 0 Å². The summed E-state index contributed by atoms with van der Waals surface area (Å²) < 4.78 is 0. The molecule has 0 unspecified atom stereocenters. The maximum Gasteiger partial charge on any atom is 0.256 e. The van der Waals surface area contributed by atoms with Gasteiger partial charge in [-0.25, -0.2) is 5.43 Å². The molecule has 5 aliphatic rings. The number of hydrogen-bond donors (Lipinski definition) is 2. The van der Waals surface area contributed by atoms with Crippen LogP contribution in [0.15, 0.2) is 47.5 Å². The van der Waals surface area contributed by atoms with Crippen LogP contribution in [0.3, 0.4) is 0 Å². The molecule has 2 N–H and O–H groups in total. The van der Waals surface area contributed by atoms with Gasteiger partial charge in [0.05, 0.1) is 18.8 Å². The monoisotopic (exact) mass is 485 g/mol. The Morgan fingerprint density at radius 3 is 2.47 bits per heavy atom. The lowest BCUT2D eigenvalue weighted by Crippen LogP contribution is -2.55. The number of hydrazine groups is 1. The Morgan fingerprint density at radius 1 is 1.06 bits per heavy atom. The summed E-state index contributed by atoms with van der Waals surface area (Å²) in [5.74, 6) is 1.79. The Morgan fingerprint density at radius 2 is 1.78 bits per heavy atom. The molecule has 1 saturated heterocycles. The van der Waals surface area contributed by atoms with E-state index < -0.39 is 5.54 Å². The summed E-state index contributed by atoms with van der Waals surface area (Å²) in [5.41, 5.74) is 8.34. The van der Waals surface area contributed by atoms with Gasteiger partial charge in [-0.15, -0.1) is 0 Å². The zero-order chi connectivity index (χ0) is 24.4. The molecule has 186 valence electrons. The first-order valence-electron chi connectivity index (χ1n) is 13.1. The number of aliphatic imine (C=N–C) groups is 1. The molecule has 2 saturated carbocycles. The number of likely N-dealkylation sites (tertiary alicyclic amines) is 1. The predicted molar refractivity (Wildman–Crippen MR) is 136 cm³/mol. The van der Waals surface area contributed by atoms with E-state index in [0.717, 1.165) is 73.5 Å². The first kappa shape index (κ1) is 22.0. The largest absolute Gasteiger partial charge is 0.394 e. The number of nitrogens with one attached hydrogen (secondary N) is 1. The van der Waals surface area contributed by atoms with E-state index in [4.69, 9.17) is 4.99 Å². The number of aliphatic hydroxyl groups excluding tert-OH is 1. The van der Waals surface area contributed by atoms with Crippen molar-refractivity contribution in [2.24, 2.45) is 16.8 Å². The fourth-order valence-electron chi connectivity index (χ4n) is 5.75. The van der Waals surface area contributed by atoms with Crippen LogP contribution in [-0.4, -0.2) is 70.9 Å². The van der Waals surface area contributed by atoms with Crippen LogP contribution in [-0.2, 0) is 16.1 Å². The summed E-state index contributed by atoms with van der Waals surface area (Å²) in [5, 5.41) is 11.3. The average Bonchev–Trinajstić information content (AvgIpc) is 3.79. The van der Waals surface area contributed by atoms with Crippen LogP contribution in [0.4, 0.5) is 5.69 Å². The van der Waals surface area contributed by atoms with Gasteiger partial charge in [0.2, 0.25) is 5.91 Å². The summed E-state index contributed by atoms with van der Waals surface area (Å²) >= 11 is 0. The summed E-state index contributed by atoms with van der Waals surface area (Å²) in [4.78, 5) is 34.3. The molecule has 8 nitrogen and oxygen atoms in total. The molecule has 0 aromatic heterocycles. The standard InChI is InChI=1S/C28H31N5O3/c34-12-11-33-24-8-7-22(13-23(24)14-29-33)19-1-3-20(4-2-19)25-30-28(9-10-28)27(36)32(25)17-18-15-31(16-18)26(35)21-5-6-21/h1-4,7-8,13,18,21,29,34H,5-6,9-12,14-17H2. The van der Waals surface area contributed by atoms with Crippen molar-refractivity contribution in [1.29, 1.82) is 0 Å². The topological polar surface area (TPSA) is 88.5 Å². The van der Waals surface area contributed by atoms with Gasteiger partial charge >= 0.3 is 0 Å². The molecule has 3 fully saturated rings. The number of hydrogen-bond acceptors (Lipinski definition) is 6. The van der Waals surface area contributed by atoms with E-state index in [1.807, 2.05) is 14.8 Å². The fraction of sp³-hybridized carbons (Fsp3) is 0.464. The highest BCUT2D eigenvalue weighted by molar-refractivity contribution is 6.16. The molecule has 0 radical (unpaired) electrons. The molecule has 2 aliphatic carbocycles. The SMILES string of the molecule is O=C(C1CC1)N1CC(CN2C(=O)C3(CC3)N=C2c2ccc(-c3ccc4c(c3)CNN4CCO)cc2)C1. The Labute approximate surface area is 210 Å². The number of amides is 2. The van der Waals surface area contributed by atoms with E-state index in [2.05, 4.69) is 47.9 Å². The average molecular weight is 486 g/mol. The van der Waals surface area contributed by atoms with Gasteiger partial charge in [-0.05, 0) is 54.5 Å². The van der Waals surface area contributed by atoms with Gasteiger partial charge in [0.1, 0.15) is 11.4 Å². The van der Waals surface area contributed by atoms with E-state index in [1.165, 1.54) is 5.56 Å². The first-order valence-corrected chi connectivity index (χ1v) is 13.1. The first-order chi connectivity index (χ1) is 17.5. The molecule has 3 heterocycles. The van der Waals surface area contributed by atoms with Crippen molar-refractivity contribution in [2.75, 3.05) is 37.8 Å². The zero-order valence-electron chi connectivity index (χ0n) is 20.3. The molecule has 3 aliphatic heterocycles. The normalized spacial score (nSPS) is 22.2. The van der Waals surface area contributed by atoms with Crippen LogP contribution in [0.25, 0.3) is 11.1 Å². The van der Waals surface area contributed by atoms with Crippen molar-refractivity contribution >= 4 is 23.3 Å². The minimum absolute atomic E-state index is 0.109. The number of aliphatic hydroxyl groups is 1. The summed E-state index contributed by atoms with van der Waals surface area (Å²) in [6.45, 7) is 3.57. The van der Waals surface area contributed by atoms with E-state index in [-0.39, 0.29) is 18.4 Å². The van der Waals surface area contributed by atoms with Crippen LogP contribution < -0.4 is 10.4 Å². The van der Waals surface area contributed by atoms with Crippen molar-refractivity contribution in [3.63, 3.8) is 0 Å². The second kappa shape index (κ2) is 8.15. The maximum absolute atomic E-state index is 13.3. The summed E-state index contributed by atoms with van der Waals surface area (Å²) in [7, 11) is 0. The predicted octanol–water partition coefficient (Wildman–Crippen LogP) is 2.16. The summed E-state index contributed by atoms with van der Waals surface area (Å²) in [6.07, 6.45) is 3.73. The lowest BCUT2D eigenvalue weighted by Gasteiger charge is -2.41. The minimum atomic E-state index is -0.533. The van der Waals surface area contributed by atoms with Gasteiger partial charge in [-0.2, -0.15) is 0 Å². The Kier molecular flexibility index (Phi) is 4.98. The number of carbonyl (C=O) groups is 2. The number of anilines is 1. The van der Waals surface area contributed by atoms with E-state index in [9.17, 15) is 14.7 Å². The van der Waals surface area contributed by atoms with Crippen molar-refractivity contribution < 1.29 is 14.7 Å². The third kappa shape index (κ3) is 3.62. The molecule has 36 heavy (non-hydrogen) atoms. The van der Waals surface area contributed by atoms with Crippen LogP contribution in [0, 0.1) is 11.8 Å². The number of amidine groups is 1. The fourth-order valence-corrected chi connectivity index (χ4v) is 5.75. The number of carbonyl (C=O) groups excluding carboxylic acids is 2. The molecular weight excluding hydrogens is 454 g/mol. The quantitative estimate of drug-likeness (QED) is 0.628. The highest BCUT2D eigenvalue weighted by Gasteiger charge is 2.57. The Hall–Kier alpha value is -3.23. The van der Waals surface area contributed by atoms with Crippen LogP contribution in [0.1, 0.15) is 36.8 Å². The molecule has 2 amide bonds. The Balaban J connectivity index is 1.08. The van der Waals surface area contributed by atoms with E-state index in [0.29, 0.717) is 24.9 Å². The maximum atomic E-state index is 13.3. The third-order valence-corrected chi connectivity index (χ3v) is 8.21. The number of β-amino-alcohol motifs (C(OH)–C–C–N with tert-alkyl or cyclic N) is 1.